The first-order valence-corrected chi connectivity index (χ1v) is 8.72. The van der Waals surface area contributed by atoms with Crippen LogP contribution in [0.3, 0.4) is 0 Å². The highest BCUT2D eigenvalue weighted by molar-refractivity contribution is 6.30. The number of aliphatic hydroxyl groups is 1. The van der Waals surface area contributed by atoms with Crippen LogP contribution in [0.15, 0.2) is 53.5 Å². The maximum absolute atomic E-state index is 8.82. The minimum atomic E-state index is -0.0359. The molecule has 1 aliphatic rings. The summed E-state index contributed by atoms with van der Waals surface area (Å²) >= 11 is 5.95. The van der Waals surface area contributed by atoms with E-state index in [1.807, 2.05) is 29.2 Å². The van der Waals surface area contributed by atoms with Crippen molar-refractivity contribution in [1.29, 1.82) is 0 Å². The van der Waals surface area contributed by atoms with Crippen molar-refractivity contribution in [2.75, 3.05) is 26.7 Å². The van der Waals surface area contributed by atoms with Crippen molar-refractivity contribution in [2.45, 2.75) is 6.54 Å². The van der Waals surface area contributed by atoms with Gasteiger partial charge in [0.25, 0.3) is 0 Å². The summed E-state index contributed by atoms with van der Waals surface area (Å²) in [6.45, 7) is 0.949. The molecule has 2 aromatic carbocycles. The zero-order chi connectivity index (χ0) is 19.1. The molecule has 1 aliphatic heterocycles. The summed E-state index contributed by atoms with van der Waals surface area (Å²) in [5.74, 6) is 7.23. The molecule has 0 atom stereocenters. The van der Waals surface area contributed by atoms with Gasteiger partial charge in [-0.1, -0.05) is 23.7 Å². The van der Waals surface area contributed by atoms with E-state index in [2.05, 4.69) is 4.99 Å². The lowest BCUT2D eigenvalue weighted by molar-refractivity contribution is -0.314. The Morgan fingerprint density at radius 2 is 1.78 bits per heavy atom. The number of hydrogen-bond donors (Lipinski definition) is 2. The summed E-state index contributed by atoms with van der Waals surface area (Å²) in [5.41, 5.74) is 1.72. The monoisotopic (exact) mass is 392 g/mol. The Labute approximate surface area is 162 Å². The summed E-state index contributed by atoms with van der Waals surface area (Å²) in [7, 11) is 0. The molecule has 1 saturated heterocycles. The highest BCUT2D eigenvalue weighted by Crippen LogP contribution is 2.20. The van der Waals surface area contributed by atoms with E-state index in [9.17, 15) is 0 Å². The molecule has 0 radical (unpaired) electrons. The van der Waals surface area contributed by atoms with Gasteiger partial charge in [0.15, 0.2) is 13.5 Å². The van der Waals surface area contributed by atoms with Gasteiger partial charge in [0.05, 0.1) is 12.3 Å². The van der Waals surface area contributed by atoms with Crippen molar-refractivity contribution in [2.24, 2.45) is 10.8 Å². The molecule has 0 bridgehead atoms. The Hall–Kier alpha value is -2.36. The molecule has 144 valence electrons. The van der Waals surface area contributed by atoms with Crippen LogP contribution in [0.1, 0.15) is 5.56 Å². The SMILES string of the molecule is NN1COOCN(Cc2ccc(Cl)cc2)/C1=N/c1ccc(OCCO)cc1. The molecular weight excluding hydrogens is 372 g/mol. The number of hydrazine groups is 1. The van der Waals surface area contributed by atoms with Crippen LogP contribution in [0.5, 0.6) is 5.75 Å². The van der Waals surface area contributed by atoms with Gasteiger partial charge in [-0.15, -0.1) is 0 Å². The van der Waals surface area contributed by atoms with Gasteiger partial charge >= 0.3 is 0 Å². The molecule has 0 unspecified atom stereocenters. The molecular formula is C18H21ClN4O4. The number of aliphatic hydroxyl groups excluding tert-OH is 1. The van der Waals surface area contributed by atoms with E-state index in [0.717, 1.165) is 5.56 Å². The zero-order valence-electron chi connectivity index (χ0n) is 14.6. The van der Waals surface area contributed by atoms with Crippen LogP contribution in [0.25, 0.3) is 0 Å². The van der Waals surface area contributed by atoms with Crippen molar-refractivity contribution >= 4 is 23.2 Å². The van der Waals surface area contributed by atoms with Crippen LogP contribution in [0, 0.1) is 0 Å². The Balaban J connectivity index is 1.80. The van der Waals surface area contributed by atoms with E-state index < -0.39 is 0 Å². The van der Waals surface area contributed by atoms with Gasteiger partial charge in [-0.05, 0) is 42.0 Å². The lowest BCUT2D eigenvalue weighted by Gasteiger charge is -2.26. The second-order valence-corrected chi connectivity index (χ2v) is 6.20. The molecule has 8 nitrogen and oxygen atoms in total. The highest BCUT2D eigenvalue weighted by Gasteiger charge is 2.21. The molecule has 27 heavy (non-hydrogen) atoms. The van der Waals surface area contributed by atoms with Crippen molar-refractivity contribution < 1.29 is 19.6 Å². The number of hydrogen-bond acceptors (Lipinski definition) is 6. The average Bonchev–Trinajstić information content (AvgIpc) is 2.85. The first-order valence-electron chi connectivity index (χ1n) is 8.34. The number of benzene rings is 2. The maximum atomic E-state index is 8.82. The highest BCUT2D eigenvalue weighted by atomic mass is 35.5. The van der Waals surface area contributed by atoms with E-state index in [0.29, 0.717) is 29.0 Å². The van der Waals surface area contributed by atoms with Crippen LogP contribution < -0.4 is 10.6 Å². The fraction of sp³-hybridized carbons (Fsp3) is 0.278. The van der Waals surface area contributed by atoms with Crippen LogP contribution in [0.2, 0.25) is 5.02 Å². The summed E-state index contributed by atoms with van der Waals surface area (Å²) in [6.07, 6.45) is 0. The number of nitrogens with two attached hydrogens (primary N) is 1. The summed E-state index contributed by atoms with van der Waals surface area (Å²) in [5, 5.41) is 10.9. The number of nitrogens with zero attached hydrogens (tertiary/aromatic N) is 3. The zero-order valence-corrected chi connectivity index (χ0v) is 15.4. The van der Waals surface area contributed by atoms with Gasteiger partial charge in [-0.3, -0.25) is 5.01 Å². The minimum Gasteiger partial charge on any atom is -0.491 e. The molecule has 1 heterocycles. The first kappa shape index (κ1) is 19.4. The number of aliphatic imine (C=N–C) groups is 1. The Bertz CT molecular complexity index is 755. The smallest absolute Gasteiger partial charge is 0.220 e. The van der Waals surface area contributed by atoms with Gasteiger partial charge in [0.2, 0.25) is 5.96 Å². The van der Waals surface area contributed by atoms with Crippen LogP contribution in [0.4, 0.5) is 5.69 Å². The predicted octanol–water partition coefficient (Wildman–Crippen LogP) is 2.25. The van der Waals surface area contributed by atoms with Gasteiger partial charge in [-0.2, -0.15) is 0 Å². The Morgan fingerprint density at radius 1 is 1.07 bits per heavy atom. The quantitative estimate of drug-likeness (QED) is 0.575. The van der Waals surface area contributed by atoms with Crippen molar-refractivity contribution in [3.63, 3.8) is 0 Å². The molecule has 0 amide bonds. The largest absolute Gasteiger partial charge is 0.491 e. The molecule has 0 aliphatic carbocycles. The third-order valence-corrected chi connectivity index (χ3v) is 3.99. The fourth-order valence-electron chi connectivity index (χ4n) is 2.45. The van der Waals surface area contributed by atoms with Crippen molar-refractivity contribution in [3.05, 3.63) is 59.1 Å². The summed E-state index contributed by atoms with van der Waals surface area (Å²) in [6, 6.07) is 14.7. The minimum absolute atomic E-state index is 0.0359. The molecule has 1 fully saturated rings. The predicted molar refractivity (Wildman–Crippen MR) is 101 cm³/mol. The molecule has 0 aromatic heterocycles. The summed E-state index contributed by atoms with van der Waals surface area (Å²) < 4.78 is 5.36. The van der Waals surface area contributed by atoms with Crippen LogP contribution >= 0.6 is 11.6 Å². The third kappa shape index (κ3) is 5.56. The maximum Gasteiger partial charge on any atom is 0.220 e. The van der Waals surface area contributed by atoms with Gasteiger partial charge < -0.3 is 14.7 Å². The second-order valence-electron chi connectivity index (χ2n) is 5.77. The number of ether oxygens (including phenoxy) is 1. The van der Waals surface area contributed by atoms with E-state index in [1.54, 1.807) is 24.3 Å². The van der Waals surface area contributed by atoms with E-state index in [1.165, 1.54) is 5.01 Å². The first-order chi connectivity index (χ1) is 13.2. The van der Waals surface area contributed by atoms with Crippen molar-refractivity contribution in [1.82, 2.24) is 9.91 Å². The van der Waals surface area contributed by atoms with E-state index in [4.69, 9.17) is 37.1 Å². The van der Waals surface area contributed by atoms with E-state index in [-0.39, 0.29) is 26.7 Å². The molecule has 0 saturated carbocycles. The lowest BCUT2D eigenvalue weighted by Crippen LogP contribution is -2.46. The summed E-state index contributed by atoms with van der Waals surface area (Å²) in [4.78, 5) is 16.7. The average molecular weight is 393 g/mol. The lowest BCUT2D eigenvalue weighted by atomic mass is 10.2. The molecule has 0 spiro atoms. The number of guanidine groups is 1. The topological polar surface area (TPSA) is 92.8 Å². The van der Waals surface area contributed by atoms with Gasteiger partial charge in [-0.25, -0.2) is 20.6 Å². The standard InChI is InChI=1S/C18H21ClN4O4/c19-15-3-1-14(2-4-15)11-22-12-26-27-13-23(20)18(22)21-16-5-7-17(8-6-16)25-10-9-24/h1-8,24H,9-13,20H2/b21-18-. The molecule has 2 aromatic rings. The Kier molecular flexibility index (Phi) is 6.86. The van der Waals surface area contributed by atoms with Crippen molar-refractivity contribution in [3.8, 4) is 5.75 Å². The second kappa shape index (κ2) is 9.54. The number of halogens is 1. The molecule has 3 N–H and O–H groups in total. The Morgan fingerprint density at radius 3 is 2.48 bits per heavy atom. The molecule has 9 heteroatoms. The fourth-order valence-corrected chi connectivity index (χ4v) is 2.58. The van der Waals surface area contributed by atoms with Gasteiger partial charge in [0.1, 0.15) is 12.4 Å². The number of rotatable bonds is 6. The van der Waals surface area contributed by atoms with E-state index >= 15 is 0 Å². The molecule has 3 rings (SSSR count). The normalized spacial score (nSPS) is 16.5. The van der Waals surface area contributed by atoms with Crippen LogP contribution in [-0.2, 0) is 16.3 Å². The van der Waals surface area contributed by atoms with Crippen LogP contribution in [-0.4, -0.2) is 47.7 Å². The van der Waals surface area contributed by atoms with Gasteiger partial charge in [0, 0.05) is 11.6 Å². The third-order valence-electron chi connectivity index (χ3n) is 3.74.